The summed E-state index contributed by atoms with van der Waals surface area (Å²) >= 11 is 0. The van der Waals surface area contributed by atoms with Crippen molar-refractivity contribution in [1.29, 1.82) is 5.26 Å². The van der Waals surface area contributed by atoms with Crippen molar-refractivity contribution < 1.29 is 9.47 Å². The third kappa shape index (κ3) is 1.21. The average Bonchev–Trinajstić information content (AvgIpc) is 2.62. The number of allylic oxidation sites excluding steroid dienone is 1. The van der Waals surface area contributed by atoms with E-state index in [0.717, 1.165) is 16.9 Å². The molecule has 1 aliphatic heterocycles. The van der Waals surface area contributed by atoms with Gasteiger partial charge in [0.15, 0.2) is 11.5 Å². The number of nitrogens with zero attached hydrogens (tertiary/aromatic N) is 1. The molecule has 3 nitrogen and oxygen atoms in total. The van der Waals surface area contributed by atoms with E-state index in [0.29, 0.717) is 12.4 Å². The molecule has 0 aliphatic carbocycles. The Kier molecular flexibility index (Phi) is 2.11. The Morgan fingerprint density at radius 3 is 3.14 bits per heavy atom. The molecular weight excluding hydrogens is 178 g/mol. The molecule has 0 atom stereocenters. The molecule has 1 aromatic carbocycles. The number of rotatable bonds is 1. The van der Waals surface area contributed by atoms with E-state index in [2.05, 4.69) is 0 Å². The second-order valence-electron chi connectivity index (χ2n) is 2.92. The highest BCUT2D eigenvalue weighted by Crippen LogP contribution is 2.40. The van der Waals surface area contributed by atoms with Gasteiger partial charge < -0.3 is 9.47 Å². The van der Waals surface area contributed by atoms with Crippen LogP contribution in [0.15, 0.2) is 24.3 Å². The molecule has 2 rings (SSSR count). The van der Waals surface area contributed by atoms with Crippen LogP contribution in [0.25, 0.3) is 5.57 Å². The number of para-hydroxylation sites is 1. The van der Waals surface area contributed by atoms with Gasteiger partial charge in [-0.05, 0) is 6.07 Å². The first-order valence-corrected chi connectivity index (χ1v) is 4.25. The molecule has 0 amide bonds. The van der Waals surface area contributed by atoms with Crippen LogP contribution in [0.3, 0.4) is 0 Å². The highest BCUT2D eigenvalue weighted by molar-refractivity contribution is 5.78. The second kappa shape index (κ2) is 3.43. The number of ether oxygens (including phenoxy) is 2. The van der Waals surface area contributed by atoms with Crippen molar-refractivity contribution in [3.05, 3.63) is 29.8 Å². The Balaban J connectivity index is 2.53. The van der Waals surface area contributed by atoms with Gasteiger partial charge in [0.2, 0.25) is 0 Å². The number of hydrogen-bond acceptors (Lipinski definition) is 3. The topological polar surface area (TPSA) is 42.2 Å². The predicted molar refractivity (Wildman–Crippen MR) is 52.1 cm³/mol. The van der Waals surface area contributed by atoms with E-state index in [1.54, 1.807) is 7.11 Å². The molecule has 1 aliphatic rings. The number of methoxy groups -OCH3 is 1. The Labute approximate surface area is 82.2 Å². The fraction of sp³-hybridized carbons (Fsp3) is 0.182. The van der Waals surface area contributed by atoms with Gasteiger partial charge in [0.25, 0.3) is 0 Å². The molecular formula is C11H9NO2. The highest BCUT2D eigenvalue weighted by Gasteiger charge is 2.20. The quantitative estimate of drug-likeness (QED) is 0.631. The van der Waals surface area contributed by atoms with Crippen molar-refractivity contribution in [2.24, 2.45) is 0 Å². The van der Waals surface area contributed by atoms with E-state index >= 15 is 0 Å². The molecule has 0 fully saturated rings. The van der Waals surface area contributed by atoms with Gasteiger partial charge >= 0.3 is 0 Å². The SMILES string of the molecule is COc1cccc2c1OC/C2=C/C#N. The van der Waals surface area contributed by atoms with E-state index in [4.69, 9.17) is 14.7 Å². The van der Waals surface area contributed by atoms with Gasteiger partial charge in [-0.25, -0.2) is 0 Å². The summed E-state index contributed by atoms with van der Waals surface area (Å²) in [4.78, 5) is 0. The maximum Gasteiger partial charge on any atom is 0.169 e. The molecule has 0 N–H and O–H groups in total. The lowest BCUT2D eigenvalue weighted by atomic mass is 10.1. The first-order chi connectivity index (χ1) is 6.86. The smallest absolute Gasteiger partial charge is 0.169 e. The van der Waals surface area contributed by atoms with Crippen molar-refractivity contribution in [3.8, 4) is 17.6 Å². The van der Waals surface area contributed by atoms with Crippen molar-refractivity contribution >= 4 is 5.57 Å². The summed E-state index contributed by atoms with van der Waals surface area (Å²) < 4.78 is 10.6. The van der Waals surface area contributed by atoms with Crippen molar-refractivity contribution in [2.75, 3.05) is 13.7 Å². The zero-order chi connectivity index (χ0) is 9.97. The van der Waals surface area contributed by atoms with Gasteiger partial charge in [-0.15, -0.1) is 0 Å². The van der Waals surface area contributed by atoms with Crippen LogP contribution in [0.4, 0.5) is 0 Å². The third-order valence-corrected chi connectivity index (χ3v) is 2.16. The molecule has 0 saturated carbocycles. The summed E-state index contributed by atoms with van der Waals surface area (Å²) in [6, 6.07) is 7.66. The summed E-state index contributed by atoms with van der Waals surface area (Å²) in [6.07, 6.45) is 1.51. The zero-order valence-electron chi connectivity index (χ0n) is 7.78. The summed E-state index contributed by atoms with van der Waals surface area (Å²) in [5, 5.41) is 8.57. The maximum absolute atomic E-state index is 8.57. The standard InChI is InChI=1S/C11H9NO2/c1-13-10-4-2-3-9-8(5-6-12)7-14-11(9)10/h2-5H,7H2,1H3/b8-5-. The fourth-order valence-electron chi connectivity index (χ4n) is 1.50. The molecule has 1 aromatic rings. The molecule has 70 valence electrons. The van der Waals surface area contributed by atoms with Crippen LogP contribution in [0.1, 0.15) is 5.56 Å². The molecule has 0 radical (unpaired) electrons. The first kappa shape index (κ1) is 8.64. The number of hydrogen-bond donors (Lipinski definition) is 0. The predicted octanol–water partition coefficient (Wildman–Crippen LogP) is 1.99. The first-order valence-electron chi connectivity index (χ1n) is 4.25. The fourth-order valence-corrected chi connectivity index (χ4v) is 1.50. The maximum atomic E-state index is 8.57. The van der Waals surface area contributed by atoms with Crippen LogP contribution >= 0.6 is 0 Å². The molecule has 1 heterocycles. The largest absolute Gasteiger partial charge is 0.493 e. The van der Waals surface area contributed by atoms with Gasteiger partial charge in [0.05, 0.1) is 13.2 Å². The molecule has 0 spiro atoms. The summed E-state index contributed by atoms with van der Waals surface area (Å²) in [5.41, 5.74) is 1.85. The normalized spacial score (nSPS) is 15.9. The van der Waals surface area contributed by atoms with E-state index in [1.807, 2.05) is 24.3 Å². The molecule has 3 heteroatoms. The van der Waals surface area contributed by atoms with Crippen LogP contribution < -0.4 is 9.47 Å². The van der Waals surface area contributed by atoms with Crippen LogP contribution in [0.5, 0.6) is 11.5 Å². The Morgan fingerprint density at radius 1 is 1.57 bits per heavy atom. The zero-order valence-corrected chi connectivity index (χ0v) is 7.78. The lowest BCUT2D eigenvalue weighted by Crippen LogP contribution is -1.89. The van der Waals surface area contributed by atoms with E-state index < -0.39 is 0 Å². The summed E-state index contributed by atoms with van der Waals surface area (Å²) in [6.45, 7) is 0.448. The van der Waals surface area contributed by atoms with Crippen molar-refractivity contribution in [3.63, 3.8) is 0 Å². The summed E-state index contributed by atoms with van der Waals surface area (Å²) in [5.74, 6) is 1.44. The van der Waals surface area contributed by atoms with E-state index in [1.165, 1.54) is 6.08 Å². The van der Waals surface area contributed by atoms with Gasteiger partial charge in [0, 0.05) is 17.2 Å². The monoisotopic (exact) mass is 187 g/mol. The van der Waals surface area contributed by atoms with Crippen LogP contribution in [0, 0.1) is 11.3 Å². The lowest BCUT2D eigenvalue weighted by molar-refractivity contribution is 0.343. The minimum Gasteiger partial charge on any atom is -0.493 e. The van der Waals surface area contributed by atoms with Gasteiger partial charge in [-0.2, -0.15) is 5.26 Å². The van der Waals surface area contributed by atoms with E-state index in [9.17, 15) is 0 Å². The third-order valence-electron chi connectivity index (χ3n) is 2.16. The van der Waals surface area contributed by atoms with Crippen molar-refractivity contribution in [1.82, 2.24) is 0 Å². The molecule has 0 unspecified atom stereocenters. The van der Waals surface area contributed by atoms with Gasteiger partial charge in [-0.1, -0.05) is 12.1 Å². The minimum atomic E-state index is 0.448. The molecule has 14 heavy (non-hydrogen) atoms. The number of benzene rings is 1. The Bertz CT molecular complexity index is 429. The van der Waals surface area contributed by atoms with Crippen LogP contribution in [0.2, 0.25) is 0 Å². The molecule has 0 aromatic heterocycles. The van der Waals surface area contributed by atoms with Crippen molar-refractivity contribution in [2.45, 2.75) is 0 Å². The lowest BCUT2D eigenvalue weighted by Gasteiger charge is -2.04. The van der Waals surface area contributed by atoms with Gasteiger partial charge in [-0.3, -0.25) is 0 Å². The average molecular weight is 187 g/mol. The minimum absolute atomic E-state index is 0.448. The molecule has 0 bridgehead atoms. The highest BCUT2D eigenvalue weighted by atomic mass is 16.5. The second-order valence-corrected chi connectivity index (χ2v) is 2.92. The van der Waals surface area contributed by atoms with Crippen LogP contribution in [-0.2, 0) is 0 Å². The van der Waals surface area contributed by atoms with Crippen LogP contribution in [-0.4, -0.2) is 13.7 Å². The number of nitriles is 1. The number of fused-ring (bicyclic) bond motifs is 1. The Morgan fingerprint density at radius 2 is 2.43 bits per heavy atom. The molecule has 0 saturated heterocycles. The van der Waals surface area contributed by atoms with E-state index in [-0.39, 0.29) is 0 Å². The van der Waals surface area contributed by atoms with Gasteiger partial charge in [0.1, 0.15) is 6.61 Å². The Hall–Kier alpha value is -1.95. The summed E-state index contributed by atoms with van der Waals surface area (Å²) in [7, 11) is 1.60.